The predicted octanol–water partition coefficient (Wildman–Crippen LogP) is 7.03. The van der Waals surface area contributed by atoms with E-state index in [1.54, 1.807) is 43.0 Å². The molecule has 0 saturated heterocycles. The molecule has 0 unspecified atom stereocenters. The Bertz CT molecular complexity index is 1640. The van der Waals surface area contributed by atoms with Gasteiger partial charge in [0.2, 0.25) is 5.78 Å². The quantitative estimate of drug-likeness (QED) is 0.133. The third kappa shape index (κ3) is 4.30. The van der Waals surface area contributed by atoms with Crippen LogP contribution in [-0.4, -0.2) is 22.8 Å². The van der Waals surface area contributed by atoms with E-state index in [1.807, 2.05) is 60.0 Å². The summed E-state index contributed by atoms with van der Waals surface area (Å²) in [5.74, 6) is 0.113. The van der Waals surface area contributed by atoms with E-state index >= 15 is 0 Å². The van der Waals surface area contributed by atoms with Gasteiger partial charge in [0.15, 0.2) is 0 Å². The molecule has 5 aromatic rings. The molecular formula is C29H22N2O3S2. The minimum Gasteiger partial charge on any atom is -0.462 e. The maximum absolute atomic E-state index is 13.7. The lowest BCUT2D eigenvalue weighted by Gasteiger charge is -2.05. The lowest BCUT2D eigenvalue weighted by atomic mass is 10.1. The molecule has 5 rings (SSSR count). The highest BCUT2D eigenvalue weighted by Crippen LogP contribution is 2.44. The number of ketones is 1. The molecule has 0 atom stereocenters. The highest BCUT2D eigenvalue weighted by Gasteiger charge is 2.29. The monoisotopic (exact) mass is 510 g/mol. The topological polar surface area (TPSA) is 71.6 Å². The van der Waals surface area contributed by atoms with Crippen molar-refractivity contribution >= 4 is 51.3 Å². The second-order valence-corrected chi connectivity index (χ2v) is 10.6. The van der Waals surface area contributed by atoms with Crippen LogP contribution >= 0.6 is 23.1 Å². The molecule has 0 aliphatic heterocycles. The number of thiophene rings is 1. The first-order chi connectivity index (χ1) is 17.5. The number of esters is 1. The molecule has 178 valence electrons. The van der Waals surface area contributed by atoms with Gasteiger partial charge in [-0.15, -0.1) is 23.1 Å². The Labute approximate surface area is 216 Å². The highest BCUT2D eigenvalue weighted by molar-refractivity contribution is 8.00. The Morgan fingerprint density at radius 2 is 1.83 bits per heavy atom. The van der Waals surface area contributed by atoms with Gasteiger partial charge in [-0.05, 0) is 49.2 Å². The average molecular weight is 511 g/mol. The zero-order valence-corrected chi connectivity index (χ0v) is 21.4. The number of pyridine rings is 1. The Kier molecular flexibility index (Phi) is 6.64. The number of ether oxygens (including phenoxy) is 1. The molecule has 0 aliphatic rings. The Morgan fingerprint density at radius 3 is 2.53 bits per heavy atom. The van der Waals surface area contributed by atoms with Gasteiger partial charge < -0.3 is 9.14 Å². The van der Waals surface area contributed by atoms with Gasteiger partial charge in [-0.1, -0.05) is 42.5 Å². The second-order valence-electron chi connectivity index (χ2n) is 8.29. The zero-order chi connectivity index (χ0) is 25.2. The average Bonchev–Trinajstić information content (AvgIpc) is 3.43. The van der Waals surface area contributed by atoms with Gasteiger partial charge in [-0.25, -0.2) is 4.79 Å². The van der Waals surface area contributed by atoms with Crippen molar-refractivity contribution in [3.05, 3.63) is 106 Å². The van der Waals surface area contributed by atoms with Crippen LogP contribution in [0, 0.1) is 18.3 Å². The summed E-state index contributed by atoms with van der Waals surface area (Å²) in [7, 11) is 0. The van der Waals surface area contributed by atoms with Gasteiger partial charge in [0.1, 0.15) is 0 Å². The smallest absolute Gasteiger partial charge is 0.341 e. The van der Waals surface area contributed by atoms with Crippen LogP contribution in [0.25, 0.3) is 16.4 Å². The molecule has 0 aliphatic carbocycles. The van der Waals surface area contributed by atoms with Crippen molar-refractivity contribution in [1.29, 1.82) is 5.26 Å². The minimum atomic E-state index is -0.431. The number of fused-ring (bicyclic) bond motifs is 3. The summed E-state index contributed by atoms with van der Waals surface area (Å²) in [4.78, 5) is 27.5. The number of benzene rings is 2. The van der Waals surface area contributed by atoms with Crippen LogP contribution in [0.4, 0.5) is 0 Å². The summed E-state index contributed by atoms with van der Waals surface area (Å²) in [5, 5.41) is 9.72. The number of nitrogens with zero attached hydrogens (tertiary/aromatic N) is 2. The van der Waals surface area contributed by atoms with E-state index < -0.39 is 5.97 Å². The van der Waals surface area contributed by atoms with Gasteiger partial charge in [-0.2, -0.15) is 5.26 Å². The standard InChI is InChI=1S/C29H22N2O3S2/c1-3-34-28(33)23-22-15-18(2)13-14-31(22)25-24(23)27(26(32)21-7-5-4-6-8-21)36-29(25)35-17-20-11-9-19(16-30)10-12-20/h4-15H,3,17H2,1-2H3. The predicted molar refractivity (Wildman–Crippen MR) is 144 cm³/mol. The van der Waals surface area contributed by atoms with Crippen LogP contribution in [0.3, 0.4) is 0 Å². The molecule has 0 saturated carbocycles. The van der Waals surface area contributed by atoms with E-state index in [4.69, 9.17) is 10.00 Å². The lowest BCUT2D eigenvalue weighted by Crippen LogP contribution is -2.06. The fraction of sp³-hybridized carbons (Fsp3) is 0.138. The number of nitriles is 1. The molecule has 36 heavy (non-hydrogen) atoms. The van der Waals surface area contributed by atoms with E-state index in [9.17, 15) is 9.59 Å². The first-order valence-electron chi connectivity index (χ1n) is 11.5. The van der Waals surface area contributed by atoms with Crippen LogP contribution in [0.2, 0.25) is 0 Å². The van der Waals surface area contributed by atoms with Gasteiger partial charge >= 0.3 is 5.97 Å². The molecule has 5 nitrogen and oxygen atoms in total. The molecule has 0 amide bonds. The summed E-state index contributed by atoms with van der Waals surface area (Å²) in [5.41, 5.74) is 5.27. The molecule has 0 spiro atoms. The van der Waals surface area contributed by atoms with Crippen molar-refractivity contribution in [2.24, 2.45) is 0 Å². The van der Waals surface area contributed by atoms with E-state index in [-0.39, 0.29) is 12.4 Å². The van der Waals surface area contributed by atoms with Crippen molar-refractivity contribution in [2.45, 2.75) is 23.8 Å². The van der Waals surface area contributed by atoms with Gasteiger partial charge in [0.05, 0.1) is 43.9 Å². The number of aryl methyl sites for hydroxylation is 1. The van der Waals surface area contributed by atoms with Gasteiger partial charge in [-0.3, -0.25) is 4.79 Å². The summed E-state index contributed by atoms with van der Waals surface area (Å²) in [6, 6.07) is 22.7. The molecule has 3 heterocycles. The number of carbonyl (C=O) groups excluding carboxylic acids is 2. The number of rotatable bonds is 7. The van der Waals surface area contributed by atoms with E-state index in [2.05, 4.69) is 6.07 Å². The second kappa shape index (κ2) is 10.0. The molecular weight excluding hydrogens is 488 g/mol. The summed E-state index contributed by atoms with van der Waals surface area (Å²) >= 11 is 3.03. The molecule has 3 aromatic heterocycles. The number of thioether (sulfide) groups is 1. The molecule has 0 radical (unpaired) electrons. The minimum absolute atomic E-state index is 0.117. The normalized spacial score (nSPS) is 11.0. The molecule has 2 aromatic carbocycles. The summed E-state index contributed by atoms with van der Waals surface area (Å²) in [6.07, 6.45) is 1.95. The van der Waals surface area contributed by atoms with Crippen molar-refractivity contribution < 1.29 is 14.3 Å². The van der Waals surface area contributed by atoms with Crippen LogP contribution in [0.15, 0.2) is 77.1 Å². The molecule has 0 bridgehead atoms. The fourth-order valence-corrected chi connectivity index (χ4v) is 6.67. The van der Waals surface area contributed by atoms with Crippen molar-refractivity contribution in [3.63, 3.8) is 0 Å². The van der Waals surface area contributed by atoms with Gasteiger partial charge in [0.25, 0.3) is 0 Å². The maximum Gasteiger partial charge on any atom is 0.341 e. The van der Waals surface area contributed by atoms with Crippen LogP contribution in [0.5, 0.6) is 0 Å². The number of hydrogen-bond acceptors (Lipinski definition) is 6. The highest BCUT2D eigenvalue weighted by atomic mass is 32.2. The van der Waals surface area contributed by atoms with Crippen LogP contribution in [-0.2, 0) is 10.5 Å². The summed E-state index contributed by atoms with van der Waals surface area (Å²) < 4.78 is 8.39. The SMILES string of the molecule is CCOC(=O)c1c2c(C(=O)c3ccccc3)sc(SCc3ccc(C#N)cc3)c2n2ccc(C)cc12. The molecule has 0 N–H and O–H groups in total. The third-order valence-corrected chi connectivity index (χ3v) is 8.39. The first-order valence-corrected chi connectivity index (χ1v) is 13.3. The Morgan fingerprint density at radius 1 is 1.08 bits per heavy atom. The maximum atomic E-state index is 13.7. The molecule has 0 fully saturated rings. The van der Waals surface area contributed by atoms with Crippen LogP contribution < -0.4 is 0 Å². The van der Waals surface area contributed by atoms with Crippen molar-refractivity contribution in [2.75, 3.05) is 6.61 Å². The summed E-state index contributed by atoms with van der Waals surface area (Å²) in [6.45, 7) is 4.00. The molecule has 7 heteroatoms. The van der Waals surface area contributed by atoms with Crippen molar-refractivity contribution in [1.82, 2.24) is 4.40 Å². The largest absolute Gasteiger partial charge is 0.462 e. The van der Waals surface area contributed by atoms with Gasteiger partial charge in [0, 0.05) is 22.9 Å². The van der Waals surface area contributed by atoms with E-state index in [0.29, 0.717) is 32.7 Å². The van der Waals surface area contributed by atoms with E-state index in [1.165, 1.54) is 11.3 Å². The lowest BCUT2D eigenvalue weighted by molar-refractivity contribution is 0.0531. The Balaban J connectivity index is 1.72. The van der Waals surface area contributed by atoms with Crippen LogP contribution in [0.1, 0.15) is 49.2 Å². The number of hydrogen-bond donors (Lipinski definition) is 0. The Hall–Kier alpha value is -3.86. The first kappa shape index (κ1) is 23.9. The van der Waals surface area contributed by atoms with E-state index in [0.717, 1.165) is 26.4 Å². The number of aromatic nitrogens is 1. The zero-order valence-electron chi connectivity index (χ0n) is 19.8. The fourth-order valence-electron chi connectivity index (χ4n) is 4.19. The number of carbonyl (C=O) groups is 2. The van der Waals surface area contributed by atoms with Crippen molar-refractivity contribution in [3.8, 4) is 6.07 Å². The third-order valence-electron chi connectivity index (χ3n) is 5.88.